The van der Waals surface area contributed by atoms with E-state index < -0.39 is 17.6 Å². The van der Waals surface area contributed by atoms with Crippen LogP contribution in [0, 0.1) is 5.92 Å². The first-order valence-electron chi connectivity index (χ1n) is 6.60. The summed E-state index contributed by atoms with van der Waals surface area (Å²) in [6.45, 7) is 2.85. The van der Waals surface area contributed by atoms with Crippen LogP contribution in [0.4, 0.5) is 13.2 Å². The molecule has 1 saturated heterocycles. The molecule has 1 amide bonds. The van der Waals surface area contributed by atoms with Gasteiger partial charge >= 0.3 is 6.18 Å². The number of nitrogens with zero attached hydrogens (tertiary/aromatic N) is 1. The highest BCUT2D eigenvalue weighted by Gasteiger charge is 2.33. The van der Waals surface area contributed by atoms with Gasteiger partial charge in [-0.25, -0.2) is 0 Å². The first kappa shape index (κ1) is 16.3. The number of halogens is 4. The second-order valence-electron chi connectivity index (χ2n) is 5.50. The molecule has 0 radical (unpaired) electrons. The van der Waals surface area contributed by atoms with E-state index in [4.69, 9.17) is 5.73 Å². The molecule has 1 aromatic carbocycles. The summed E-state index contributed by atoms with van der Waals surface area (Å²) < 4.78 is 38.7. The third-order valence-electron chi connectivity index (χ3n) is 3.50. The number of nitrogens with two attached hydrogens (primary N) is 1. The number of hydrogen-bond acceptors (Lipinski definition) is 2. The third-order valence-corrected chi connectivity index (χ3v) is 4.19. The zero-order valence-electron chi connectivity index (χ0n) is 11.5. The Morgan fingerprint density at radius 1 is 1.38 bits per heavy atom. The van der Waals surface area contributed by atoms with Crippen LogP contribution >= 0.6 is 15.9 Å². The molecule has 0 aliphatic carbocycles. The highest BCUT2D eigenvalue weighted by Crippen LogP contribution is 2.32. The van der Waals surface area contributed by atoms with Crippen LogP contribution in [0.1, 0.15) is 29.3 Å². The van der Waals surface area contributed by atoms with Crippen LogP contribution in [0.2, 0.25) is 0 Å². The Morgan fingerprint density at radius 3 is 2.62 bits per heavy atom. The van der Waals surface area contributed by atoms with Crippen LogP contribution in [0.3, 0.4) is 0 Å². The fourth-order valence-corrected chi connectivity index (χ4v) is 3.02. The Hall–Kier alpha value is -1.08. The first-order chi connectivity index (χ1) is 9.68. The van der Waals surface area contributed by atoms with Crippen molar-refractivity contribution in [2.45, 2.75) is 25.6 Å². The molecular formula is C14H16BrF3N2O. The van der Waals surface area contributed by atoms with Gasteiger partial charge in [-0.3, -0.25) is 4.79 Å². The quantitative estimate of drug-likeness (QED) is 0.830. The fraction of sp³-hybridized carbons (Fsp3) is 0.500. The summed E-state index contributed by atoms with van der Waals surface area (Å²) in [7, 11) is 0. The lowest BCUT2D eigenvalue weighted by Crippen LogP contribution is -2.48. The van der Waals surface area contributed by atoms with Crippen LogP contribution in [0.15, 0.2) is 22.7 Å². The van der Waals surface area contributed by atoms with E-state index in [0.717, 1.165) is 18.6 Å². The standard InChI is InChI=1S/C14H16BrF3N2O/c1-8-4-10(19)7-20(6-8)13(21)11-5-9(14(16,17)18)2-3-12(11)15/h2-3,5,8,10H,4,6-7,19H2,1H3. The summed E-state index contributed by atoms with van der Waals surface area (Å²) >= 11 is 3.15. The van der Waals surface area contributed by atoms with Crippen molar-refractivity contribution in [2.24, 2.45) is 11.7 Å². The van der Waals surface area contributed by atoms with Crippen molar-refractivity contribution in [1.82, 2.24) is 4.90 Å². The maximum atomic E-state index is 12.8. The number of rotatable bonds is 1. The lowest BCUT2D eigenvalue weighted by Gasteiger charge is -2.35. The molecule has 2 rings (SSSR count). The number of alkyl halides is 3. The molecule has 2 N–H and O–H groups in total. The van der Waals surface area contributed by atoms with Gasteiger partial charge in [0.1, 0.15) is 0 Å². The topological polar surface area (TPSA) is 46.3 Å². The van der Waals surface area contributed by atoms with Gasteiger partial charge in [-0.05, 0) is 46.5 Å². The van der Waals surface area contributed by atoms with Gasteiger partial charge in [-0.1, -0.05) is 6.92 Å². The zero-order valence-corrected chi connectivity index (χ0v) is 13.0. The number of piperidine rings is 1. The molecule has 116 valence electrons. The van der Waals surface area contributed by atoms with E-state index in [1.165, 1.54) is 11.0 Å². The van der Waals surface area contributed by atoms with E-state index in [0.29, 0.717) is 17.6 Å². The molecule has 1 fully saturated rings. The summed E-state index contributed by atoms with van der Waals surface area (Å²) in [5.41, 5.74) is 5.07. The Kier molecular flexibility index (Phi) is 4.63. The molecule has 1 heterocycles. The van der Waals surface area contributed by atoms with Gasteiger partial charge in [0, 0.05) is 23.6 Å². The van der Waals surface area contributed by atoms with Gasteiger partial charge in [-0.15, -0.1) is 0 Å². The summed E-state index contributed by atoms with van der Waals surface area (Å²) in [5, 5.41) is 0. The summed E-state index contributed by atoms with van der Waals surface area (Å²) in [4.78, 5) is 14.0. The van der Waals surface area contributed by atoms with Crippen LogP contribution in [0.25, 0.3) is 0 Å². The number of carbonyl (C=O) groups is 1. The number of carbonyl (C=O) groups excluding carboxylic acids is 1. The lowest BCUT2D eigenvalue weighted by atomic mass is 9.96. The minimum atomic E-state index is -4.47. The molecule has 7 heteroatoms. The molecule has 21 heavy (non-hydrogen) atoms. The smallest absolute Gasteiger partial charge is 0.337 e. The lowest BCUT2D eigenvalue weighted by molar-refractivity contribution is -0.137. The second-order valence-corrected chi connectivity index (χ2v) is 6.36. The van der Waals surface area contributed by atoms with Gasteiger partial charge < -0.3 is 10.6 Å². The van der Waals surface area contributed by atoms with E-state index in [1.54, 1.807) is 0 Å². The van der Waals surface area contributed by atoms with Crippen LogP contribution < -0.4 is 5.73 Å². The molecule has 0 bridgehead atoms. The maximum Gasteiger partial charge on any atom is 0.416 e. The molecule has 0 spiro atoms. The molecule has 1 aliphatic rings. The van der Waals surface area contributed by atoms with Crippen LogP contribution in [0.5, 0.6) is 0 Å². The van der Waals surface area contributed by atoms with Crippen molar-refractivity contribution in [1.29, 1.82) is 0 Å². The predicted octanol–water partition coefficient (Wildman–Crippen LogP) is 3.28. The number of likely N-dealkylation sites (tertiary alicyclic amines) is 1. The highest BCUT2D eigenvalue weighted by molar-refractivity contribution is 9.10. The van der Waals surface area contributed by atoms with Gasteiger partial charge in [0.25, 0.3) is 5.91 Å². The predicted molar refractivity (Wildman–Crippen MR) is 76.8 cm³/mol. The van der Waals surface area contributed by atoms with Crippen molar-refractivity contribution in [3.05, 3.63) is 33.8 Å². The van der Waals surface area contributed by atoms with E-state index in [1.807, 2.05) is 6.92 Å². The van der Waals surface area contributed by atoms with E-state index in [2.05, 4.69) is 15.9 Å². The highest BCUT2D eigenvalue weighted by atomic mass is 79.9. The van der Waals surface area contributed by atoms with Gasteiger partial charge in [-0.2, -0.15) is 13.2 Å². The van der Waals surface area contributed by atoms with Crippen molar-refractivity contribution >= 4 is 21.8 Å². The van der Waals surface area contributed by atoms with Crippen molar-refractivity contribution in [2.75, 3.05) is 13.1 Å². The maximum absolute atomic E-state index is 12.8. The Labute approximate surface area is 129 Å². The van der Waals surface area contributed by atoms with Crippen molar-refractivity contribution in [3.8, 4) is 0 Å². The Balaban J connectivity index is 2.30. The molecule has 1 aromatic rings. The van der Waals surface area contributed by atoms with Gasteiger partial charge in [0.2, 0.25) is 0 Å². The summed E-state index contributed by atoms with van der Waals surface area (Å²) in [5.74, 6) is -0.183. The van der Waals surface area contributed by atoms with Gasteiger partial charge in [0.15, 0.2) is 0 Å². The average molecular weight is 365 g/mol. The largest absolute Gasteiger partial charge is 0.416 e. The van der Waals surface area contributed by atoms with E-state index in [9.17, 15) is 18.0 Å². The fourth-order valence-electron chi connectivity index (χ4n) is 2.60. The van der Waals surface area contributed by atoms with Crippen LogP contribution in [-0.4, -0.2) is 29.9 Å². The summed E-state index contributed by atoms with van der Waals surface area (Å²) in [6, 6.07) is 2.95. The molecule has 3 nitrogen and oxygen atoms in total. The molecule has 2 unspecified atom stereocenters. The molecule has 0 aromatic heterocycles. The second kappa shape index (κ2) is 5.96. The minimum absolute atomic E-state index is 0.0196. The van der Waals surface area contributed by atoms with E-state index in [-0.39, 0.29) is 17.5 Å². The molecule has 1 aliphatic heterocycles. The first-order valence-corrected chi connectivity index (χ1v) is 7.39. The van der Waals surface area contributed by atoms with Crippen LogP contribution in [-0.2, 0) is 6.18 Å². The monoisotopic (exact) mass is 364 g/mol. The van der Waals surface area contributed by atoms with Gasteiger partial charge in [0.05, 0.1) is 11.1 Å². The SMILES string of the molecule is CC1CC(N)CN(C(=O)c2cc(C(F)(F)F)ccc2Br)C1. The minimum Gasteiger partial charge on any atom is -0.337 e. The molecular weight excluding hydrogens is 349 g/mol. The average Bonchev–Trinajstić information content (AvgIpc) is 2.36. The number of benzene rings is 1. The van der Waals surface area contributed by atoms with E-state index >= 15 is 0 Å². The normalized spacial score (nSPS) is 23.2. The molecule has 2 atom stereocenters. The zero-order chi connectivity index (χ0) is 15.8. The molecule has 0 saturated carbocycles. The number of hydrogen-bond donors (Lipinski definition) is 1. The van der Waals surface area contributed by atoms with Crippen molar-refractivity contribution in [3.63, 3.8) is 0 Å². The Bertz CT molecular complexity index is 538. The third kappa shape index (κ3) is 3.77. The summed E-state index contributed by atoms with van der Waals surface area (Å²) in [6.07, 6.45) is -3.66. The number of amides is 1. The van der Waals surface area contributed by atoms with Crippen molar-refractivity contribution < 1.29 is 18.0 Å². The Morgan fingerprint density at radius 2 is 2.05 bits per heavy atom.